The molecule has 0 aliphatic carbocycles. The van der Waals surface area contributed by atoms with E-state index in [2.05, 4.69) is 10.3 Å². The maximum atomic E-state index is 11.8. The molecule has 1 heterocycles. The van der Waals surface area contributed by atoms with Crippen LogP contribution in [0, 0.1) is 5.92 Å². The van der Waals surface area contributed by atoms with Crippen LogP contribution in [0.4, 0.5) is 0 Å². The Bertz CT molecular complexity index is 446. The molecular formula is C14H24Cl2N4O2. The number of hydrogen-bond donors (Lipinski definition) is 2. The standard InChI is InChI=1S/C14H22N4O2.2ClH/c1-11(9-15)14(20)17-10-13(19)18(2)8-6-12-5-3-4-7-16-12;;/h3-5,7,11H,6,8-10,15H2,1-2H3,(H,17,20);2*1H. The Morgan fingerprint density at radius 1 is 1.36 bits per heavy atom. The fourth-order valence-electron chi connectivity index (χ4n) is 1.53. The Labute approximate surface area is 143 Å². The molecule has 0 radical (unpaired) electrons. The van der Waals surface area contributed by atoms with Crippen molar-refractivity contribution in [2.24, 2.45) is 11.7 Å². The third-order valence-corrected chi connectivity index (χ3v) is 3.07. The molecule has 0 fully saturated rings. The largest absolute Gasteiger partial charge is 0.347 e. The van der Waals surface area contributed by atoms with Crippen molar-refractivity contribution in [1.29, 1.82) is 0 Å². The highest BCUT2D eigenvalue weighted by Crippen LogP contribution is 1.97. The summed E-state index contributed by atoms with van der Waals surface area (Å²) < 4.78 is 0. The number of nitrogens with two attached hydrogens (primary N) is 1. The van der Waals surface area contributed by atoms with Crippen molar-refractivity contribution in [1.82, 2.24) is 15.2 Å². The van der Waals surface area contributed by atoms with Gasteiger partial charge in [0.25, 0.3) is 0 Å². The number of hydrogen-bond acceptors (Lipinski definition) is 4. The highest BCUT2D eigenvalue weighted by Gasteiger charge is 2.14. The molecule has 126 valence electrons. The van der Waals surface area contributed by atoms with Crippen LogP contribution >= 0.6 is 24.8 Å². The van der Waals surface area contributed by atoms with Gasteiger partial charge in [-0.05, 0) is 12.1 Å². The molecule has 2 amide bonds. The van der Waals surface area contributed by atoms with Crippen molar-refractivity contribution >= 4 is 36.6 Å². The molecule has 8 heteroatoms. The number of carbonyl (C=O) groups excluding carboxylic acids is 2. The number of carbonyl (C=O) groups is 2. The van der Waals surface area contributed by atoms with Crippen LogP contribution in [-0.2, 0) is 16.0 Å². The second kappa shape index (κ2) is 12.2. The van der Waals surface area contributed by atoms with Crippen molar-refractivity contribution in [2.75, 3.05) is 26.7 Å². The van der Waals surface area contributed by atoms with Gasteiger partial charge < -0.3 is 16.0 Å². The van der Waals surface area contributed by atoms with Crippen molar-refractivity contribution in [3.63, 3.8) is 0 Å². The van der Waals surface area contributed by atoms with E-state index in [0.29, 0.717) is 13.0 Å². The lowest BCUT2D eigenvalue weighted by atomic mass is 10.2. The topological polar surface area (TPSA) is 88.3 Å². The van der Waals surface area contributed by atoms with Crippen LogP contribution < -0.4 is 11.1 Å². The minimum atomic E-state index is -0.276. The predicted molar refractivity (Wildman–Crippen MR) is 91.3 cm³/mol. The zero-order valence-corrected chi connectivity index (χ0v) is 14.5. The number of nitrogens with one attached hydrogen (secondary N) is 1. The molecule has 1 aromatic heterocycles. The van der Waals surface area contributed by atoms with Crippen LogP contribution in [0.2, 0.25) is 0 Å². The lowest BCUT2D eigenvalue weighted by Crippen LogP contribution is -2.41. The summed E-state index contributed by atoms with van der Waals surface area (Å²) in [5.41, 5.74) is 6.33. The van der Waals surface area contributed by atoms with Gasteiger partial charge in [-0.2, -0.15) is 0 Å². The summed E-state index contributed by atoms with van der Waals surface area (Å²) in [6.45, 7) is 2.57. The molecule has 0 aliphatic heterocycles. The van der Waals surface area contributed by atoms with E-state index >= 15 is 0 Å². The Hall–Kier alpha value is -1.37. The summed E-state index contributed by atoms with van der Waals surface area (Å²) in [5.74, 6) is -0.598. The average Bonchev–Trinajstić information content (AvgIpc) is 2.49. The zero-order chi connectivity index (χ0) is 15.0. The van der Waals surface area contributed by atoms with E-state index in [-0.39, 0.29) is 55.6 Å². The third kappa shape index (κ3) is 8.17. The van der Waals surface area contributed by atoms with E-state index in [1.807, 2.05) is 18.2 Å². The van der Waals surface area contributed by atoms with Gasteiger partial charge in [0, 0.05) is 44.4 Å². The quantitative estimate of drug-likeness (QED) is 0.755. The van der Waals surface area contributed by atoms with Gasteiger partial charge in [-0.15, -0.1) is 24.8 Å². The smallest absolute Gasteiger partial charge is 0.241 e. The van der Waals surface area contributed by atoms with Crippen LogP contribution in [0.1, 0.15) is 12.6 Å². The van der Waals surface area contributed by atoms with E-state index in [1.54, 1.807) is 25.1 Å². The third-order valence-electron chi connectivity index (χ3n) is 3.07. The zero-order valence-electron chi connectivity index (χ0n) is 12.8. The van der Waals surface area contributed by atoms with Gasteiger partial charge in [0.15, 0.2) is 0 Å². The van der Waals surface area contributed by atoms with Crippen LogP contribution in [0.3, 0.4) is 0 Å². The highest BCUT2D eigenvalue weighted by atomic mass is 35.5. The minimum Gasteiger partial charge on any atom is -0.347 e. The van der Waals surface area contributed by atoms with Crippen LogP contribution in [-0.4, -0.2) is 48.4 Å². The average molecular weight is 351 g/mol. The number of likely N-dealkylation sites (N-methyl/N-ethyl adjacent to an activating group) is 1. The van der Waals surface area contributed by atoms with Crippen LogP contribution in [0.5, 0.6) is 0 Å². The van der Waals surface area contributed by atoms with E-state index in [0.717, 1.165) is 5.69 Å². The van der Waals surface area contributed by atoms with Crippen molar-refractivity contribution in [2.45, 2.75) is 13.3 Å². The summed E-state index contributed by atoms with van der Waals surface area (Å²) in [6.07, 6.45) is 2.42. The van der Waals surface area contributed by atoms with Gasteiger partial charge in [-0.25, -0.2) is 0 Å². The number of nitrogens with zero attached hydrogens (tertiary/aromatic N) is 2. The summed E-state index contributed by atoms with van der Waals surface area (Å²) in [5, 5.41) is 2.59. The Morgan fingerprint density at radius 2 is 2.05 bits per heavy atom. The second-order valence-corrected chi connectivity index (χ2v) is 4.74. The van der Waals surface area contributed by atoms with Crippen molar-refractivity contribution in [3.8, 4) is 0 Å². The molecule has 1 rings (SSSR count). The molecular weight excluding hydrogens is 327 g/mol. The number of rotatable bonds is 7. The first kappa shape index (κ1) is 22.9. The summed E-state index contributed by atoms with van der Waals surface area (Å²) in [6, 6.07) is 5.69. The van der Waals surface area contributed by atoms with Crippen molar-refractivity contribution < 1.29 is 9.59 Å². The van der Waals surface area contributed by atoms with Gasteiger partial charge in [-0.3, -0.25) is 14.6 Å². The van der Waals surface area contributed by atoms with Crippen molar-refractivity contribution in [3.05, 3.63) is 30.1 Å². The Morgan fingerprint density at radius 3 is 2.59 bits per heavy atom. The fraction of sp³-hybridized carbons (Fsp3) is 0.500. The van der Waals surface area contributed by atoms with E-state index in [4.69, 9.17) is 5.73 Å². The molecule has 0 aliphatic rings. The molecule has 6 nitrogen and oxygen atoms in total. The SMILES string of the molecule is CC(CN)C(=O)NCC(=O)N(C)CCc1ccccn1.Cl.Cl. The van der Waals surface area contributed by atoms with Gasteiger partial charge in [-0.1, -0.05) is 13.0 Å². The monoisotopic (exact) mass is 350 g/mol. The molecule has 22 heavy (non-hydrogen) atoms. The molecule has 0 saturated heterocycles. The van der Waals surface area contributed by atoms with E-state index in [9.17, 15) is 9.59 Å². The number of pyridine rings is 1. The summed E-state index contributed by atoms with van der Waals surface area (Å²) >= 11 is 0. The normalized spacial score (nSPS) is 10.7. The van der Waals surface area contributed by atoms with Crippen LogP contribution in [0.15, 0.2) is 24.4 Å². The molecule has 0 saturated carbocycles. The van der Waals surface area contributed by atoms with Gasteiger partial charge in [0.1, 0.15) is 0 Å². The molecule has 0 bridgehead atoms. The number of halogens is 2. The van der Waals surface area contributed by atoms with Crippen LogP contribution in [0.25, 0.3) is 0 Å². The molecule has 1 atom stereocenters. The Balaban J connectivity index is 0. The van der Waals surface area contributed by atoms with Gasteiger partial charge in [0.2, 0.25) is 11.8 Å². The molecule has 0 spiro atoms. The number of aromatic nitrogens is 1. The first-order valence-electron chi connectivity index (χ1n) is 6.66. The summed E-state index contributed by atoms with van der Waals surface area (Å²) in [7, 11) is 1.71. The van der Waals surface area contributed by atoms with E-state index in [1.165, 1.54) is 0 Å². The fourth-order valence-corrected chi connectivity index (χ4v) is 1.53. The molecule has 0 aromatic carbocycles. The second-order valence-electron chi connectivity index (χ2n) is 4.74. The number of amides is 2. The van der Waals surface area contributed by atoms with E-state index < -0.39 is 0 Å². The van der Waals surface area contributed by atoms with Gasteiger partial charge in [0.05, 0.1) is 6.54 Å². The first-order chi connectivity index (χ1) is 9.54. The molecule has 1 unspecified atom stereocenters. The lowest BCUT2D eigenvalue weighted by molar-refractivity contribution is -0.132. The lowest BCUT2D eigenvalue weighted by Gasteiger charge is -2.18. The first-order valence-corrected chi connectivity index (χ1v) is 6.66. The minimum absolute atomic E-state index is 0. The van der Waals surface area contributed by atoms with Gasteiger partial charge >= 0.3 is 0 Å². The maximum absolute atomic E-state index is 11.8. The predicted octanol–water partition coefficient (Wildman–Crippen LogP) is 0.637. The Kier molecular flexibility index (Phi) is 12.7. The summed E-state index contributed by atoms with van der Waals surface area (Å²) in [4.78, 5) is 29.1. The molecule has 1 aromatic rings. The maximum Gasteiger partial charge on any atom is 0.241 e. The highest BCUT2D eigenvalue weighted by molar-refractivity contribution is 5.86. The molecule has 3 N–H and O–H groups in total.